The molecule has 6 unspecified atom stereocenters. The lowest BCUT2D eigenvalue weighted by Gasteiger charge is -2.50. The number of morpholine rings is 1. The van der Waals surface area contributed by atoms with Gasteiger partial charge in [0.15, 0.2) is 0 Å². The van der Waals surface area contributed by atoms with Crippen molar-refractivity contribution in [1.29, 1.82) is 0 Å². The molecule has 3 saturated heterocycles. The molecule has 2 aliphatic carbocycles. The van der Waals surface area contributed by atoms with Gasteiger partial charge in [-0.2, -0.15) is 5.01 Å². The van der Waals surface area contributed by atoms with Crippen LogP contribution in [0, 0.1) is 23.7 Å². The lowest BCUT2D eigenvalue weighted by Crippen LogP contribution is -2.53. The summed E-state index contributed by atoms with van der Waals surface area (Å²) in [6, 6.07) is 23.9. The van der Waals surface area contributed by atoms with Gasteiger partial charge < -0.3 is 24.2 Å². The number of benzene rings is 4. The van der Waals surface area contributed by atoms with Crippen LogP contribution in [0.4, 0.5) is 17.1 Å². The van der Waals surface area contributed by atoms with Gasteiger partial charge in [0.1, 0.15) is 17.2 Å². The number of ether oxygens (including phenoxy) is 3. The minimum absolute atomic E-state index is 0.0537. The van der Waals surface area contributed by atoms with Gasteiger partial charge >= 0.3 is 0 Å². The number of halogens is 2. The number of hydrogen-bond acceptors (Lipinski definition) is 10. The predicted octanol–water partition coefficient (Wildman–Crippen LogP) is 6.74. The van der Waals surface area contributed by atoms with E-state index in [9.17, 15) is 14.7 Å². The molecule has 4 aromatic carbocycles. The third-order valence-electron chi connectivity index (χ3n) is 12.6. The summed E-state index contributed by atoms with van der Waals surface area (Å²) in [4.78, 5) is 63.2. The number of carbonyl (C=O) groups is 4. The zero-order valence-corrected chi connectivity index (χ0v) is 33.2. The van der Waals surface area contributed by atoms with Gasteiger partial charge in [-0.25, -0.2) is 0 Å². The maximum absolute atomic E-state index is 15.5. The average molecular weight is 824 g/mol. The number of amides is 4. The van der Waals surface area contributed by atoms with E-state index in [2.05, 4.69) is 10.3 Å². The van der Waals surface area contributed by atoms with Crippen molar-refractivity contribution in [1.82, 2.24) is 5.01 Å². The van der Waals surface area contributed by atoms with Gasteiger partial charge in [0.05, 0.1) is 67.0 Å². The number of hydrogen-bond donors (Lipinski definition) is 2. The highest BCUT2D eigenvalue weighted by Crippen LogP contribution is 2.65. The molecule has 1 saturated carbocycles. The van der Waals surface area contributed by atoms with Crippen LogP contribution in [0.2, 0.25) is 10.0 Å². The summed E-state index contributed by atoms with van der Waals surface area (Å²) in [6.07, 6.45) is 2.31. The van der Waals surface area contributed by atoms with E-state index in [1.165, 1.54) is 30.2 Å². The Morgan fingerprint density at radius 3 is 2.22 bits per heavy atom. The number of phenols is 1. The first kappa shape index (κ1) is 38.0. The van der Waals surface area contributed by atoms with Crippen molar-refractivity contribution in [3.05, 3.63) is 118 Å². The summed E-state index contributed by atoms with van der Waals surface area (Å²) in [5, 5.41) is 12.2. The van der Waals surface area contributed by atoms with Crippen LogP contribution < -0.4 is 24.7 Å². The van der Waals surface area contributed by atoms with Gasteiger partial charge in [0.25, 0.3) is 11.8 Å². The van der Waals surface area contributed by atoms with Crippen LogP contribution >= 0.6 is 23.2 Å². The number of anilines is 3. The normalized spacial score (nSPS) is 26.6. The fourth-order valence-corrected chi connectivity index (χ4v) is 10.5. The summed E-state index contributed by atoms with van der Waals surface area (Å²) in [7, 11) is 3.02. The molecule has 3 aliphatic heterocycles. The van der Waals surface area contributed by atoms with Crippen molar-refractivity contribution < 1.29 is 38.5 Å². The van der Waals surface area contributed by atoms with Crippen LogP contribution in [-0.2, 0) is 29.3 Å². The molecule has 298 valence electrons. The molecular weight excluding hydrogens is 783 g/mol. The Bertz CT molecular complexity index is 2370. The van der Waals surface area contributed by atoms with Crippen LogP contribution in [0.5, 0.6) is 17.2 Å². The molecule has 4 aromatic rings. The molecular formula is C44H40Cl2N4O8. The van der Waals surface area contributed by atoms with Crippen LogP contribution in [0.15, 0.2) is 96.6 Å². The fraction of sp³-hybridized carbons (Fsp3) is 0.318. The number of hydrazine groups is 1. The van der Waals surface area contributed by atoms with Crippen LogP contribution in [-0.4, -0.2) is 74.3 Å². The van der Waals surface area contributed by atoms with E-state index < -0.39 is 46.8 Å². The predicted molar refractivity (Wildman–Crippen MR) is 217 cm³/mol. The molecule has 4 amide bonds. The molecule has 3 heterocycles. The second-order valence-electron chi connectivity index (χ2n) is 15.3. The highest BCUT2D eigenvalue weighted by molar-refractivity contribution is 6.36. The number of fused-ring (bicyclic) bond motifs is 4. The summed E-state index contributed by atoms with van der Waals surface area (Å²) < 4.78 is 16.9. The van der Waals surface area contributed by atoms with Crippen molar-refractivity contribution in [3.8, 4) is 17.2 Å². The number of carbonyl (C=O) groups excluding carboxylic acids is 4. The van der Waals surface area contributed by atoms with Crippen molar-refractivity contribution in [2.75, 3.05) is 55.7 Å². The summed E-state index contributed by atoms with van der Waals surface area (Å²) in [6.45, 7) is 2.74. The van der Waals surface area contributed by atoms with Crippen molar-refractivity contribution in [2.45, 2.75) is 24.2 Å². The van der Waals surface area contributed by atoms with Crippen LogP contribution in [0.3, 0.4) is 0 Å². The van der Waals surface area contributed by atoms with Gasteiger partial charge in [-0.15, -0.1) is 0 Å². The average Bonchev–Trinajstić information content (AvgIpc) is 3.62. The zero-order chi connectivity index (χ0) is 40.5. The highest BCUT2D eigenvalue weighted by Gasteiger charge is 2.70. The molecule has 2 N–H and O–H groups in total. The third-order valence-corrected chi connectivity index (χ3v) is 13.1. The van der Waals surface area contributed by atoms with E-state index in [-0.39, 0.29) is 35.4 Å². The second-order valence-corrected chi connectivity index (χ2v) is 16.1. The SMILES string of the molecule is COc1ccc(C23C(=O)N(Nc4ccc(Cl)cc4Cl)C(=O)C2CC2C(=CCC4C(=O)N(c5ccc(N6CCOCC6)cc5)C(=O)C42)C3c2ccc(O)cc2OC)cc1. The molecule has 6 atom stereocenters. The standard InChI is InChI=1S/C44H40Cl2N4O8/c1-56-29-11-3-24(4-12-29)44-34(41(53)50(43(44)55)47-36-16-5-25(45)21-35(36)46)23-33-30(39(44)31-13-10-28(51)22-37(31)57-2)14-15-32-38(33)42(54)49(40(32)52)27-8-6-26(7-9-27)48-17-19-58-20-18-48/h3-14,16,21-22,32-34,38-39,47,51H,15,17-20,23H2,1-2H3. The van der Waals surface area contributed by atoms with Crippen LogP contribution in [0.1, 0.15) is 29.9 Å². The van der Waals surface area contributed by atoms with Gasteiger partial charge in [-0.3, -0.25) is 29.5 Å². The number of allylic oxidation sites excluding steroid dienone is 2. The number of methoxy groups -OCH3 is 2. The van der Waals surface area contributed by atoms with E-state index in [0.717, 1.165) is 29.4 Å². The molecule has 0 aromatic heterocycles. The number of phenolic OH excluding ortho intramolecular Hbond substituents is 1. The minimum Gasteiger partial charge on any atom is -0.508 e. The number of aromatic hydroxyl groups is 1. The summed E-state index contributed by atoms with van der Waals surface area (Å²) in [5.41, 5.74) is 4.99. The molecule has 5 aliphatic rings. The number of nitrogens with zero attached hydrogens (tertiary/aromatic N) is 3. The molecule has 0 bridgehead atoms. The van der Waals surface area contributed by atoms with Crippen molar-refractivity contribution >= 4 is 63.9 Å². The summed E-state index contributed by atoms with van der Waals surface area (Å²) in [5.74, 6) is -4.92. The fourth-order valence-electron chi connectivity index (χ4n) is 10.0. The Labute approximate surface area is 344 Å². The first-order valence-electron chi connectivity index (χ1n) is 19.2. The smallest absolute Gasteiger partial charge is 0.260 e. The Kier molecular flexibility index (Phi) is 9.61. The van der Waals surface area contributed by atoms with Gasteiger partial charge in [0.2, 0.25) is 11.8 Å². The molecule has 0 radical (unpaired) electrons. The molecule has 9 rings (SSSR count). The Morgan fingerprint density at radius 2 is 1.53 bits per heavy atom. The van der Waals surface area contributed by atoms with Gasteiger partial charge in [-0.05, 0) is 85.0 Å². The number of rotatable bonds is 8. The van der Waals surface area contributed by atoms with E-state index in [4.69, 9.17) is 37.4 Å². The quantitative estimate of drug-likeness (QED) is 0.145. The van der Waals surface area contributed by atoms with Crippen molar-refractivity contribution in [2.24, 2.45) is 23.7 Å². The first-order chi connectivity index (χ1) is 28.1. The Hall–Kier alpha value is -5.56. The lowest BCUT2D eigenvalue weighted by atomic mass is 9.49. The molecule has 14 heteroatoms. The van der Waals surface area contributed by atoms with Crippen molar-refractivity contribution in [3.63, 3.8) is 0 Å². The highest BCUT2D eigenvalue weighted by atomic mass is 35.5. The van der Waals surface area contributed by atoms with Gasteiger partial charge in [0, 0.05) is 41.3 Å². The topological polar surface area (TPSA) is 138 Å². The maximum atomic E-state index is 15.5. The van der Waals surface area contributed by atoms with Gasteiger partial charge in [-0.1, -0.05) is 53.1 Å². The van der Waals surface area contributed by atoms with E-state index in [1.54, 1.807) is 61.7 Å². The zero-order valence-electron chi connectivity index (χ0n) is 31.7. The Morgan fingerprint density at radius 1 is 0.810 bits per heavy atom. The second kappa shape index (κ2) is 14.7. The van der Waals surface area contributed by atoms with Crippen LogP contribution in [0.25, 0.3) is 0 Å². The molecule has 58 heavy (non-hydrogen) atoms. The van der Waals surface area contributed by atoms with E-state index in [1.807, 2.05) is 18.2 Å². The molecule has 0 spiro atoms. The van der Waals surface area contributed by atoms with E-state index >= 15 is 9.59 Å². The third kappa shape index (κ3) is 5.83. The lowest BCUT2D eigenvalue weighted by molar-refractivity contribution is -0.138. The monoisotopic (exact) mass is 822 g/mol. The molecule has 12 nitrogen and oxygen atoms in total. The maximum Gasteiger partial charge on any atom is 0.260 e. The summed E-state index contributed by atoms with van der Waals surface area (Å²) >= 11 is 12.8. The van der Waals surface area contributed by atoms with E-state index in [0.29, 0.717) is 52.2 Å². The Balaban J connectivity index is 1.19. The number of imide groups is 2. The number of nitrogens with one attached hydrogen (secondary N) is 1. The minimum atomic E-state index is -1.59. The first-order valence-corrected chi connectivity index (χ1v) is 19.9. The molecule has 4 fully saturated rings. The largest absolute Gasteiger partial charge is 0.508 e.